The molecule has 5 aromatic rings. The van der Waals surface area contributed by atoms with Gasteiger partial charge in [-0.3, -0.25) is 14.2 Å². The Balaban J connectivity index is 1.38. The zero-order valence-electron chi connectivity index (χ0n) is 19.5. The van der Waals surface area contributed by atoms with E-state index in [1.165, 1.54) is 10.9 Å². The number of fused-ring (bicyclic) bond motifs is 3. The van der Waals surface area contributed by atoms with Crippen LogP contribution in [0.25, 0.3) is 21.9 Å². The predicted octanol–water partition coefficient (Wildman–Crippen LogP) is 3.92. The summed E-state index contributed by atoms with van der Waals surface area (Å²) in [5.74, 6) is 1.20. The Hall–Kier alpha value is -4.27. The number of amides is 1. The SMILES string of the molecule is Cc1ccc(NC(=O)Cn2c3ccccc3c3ncn(Cc4nc(C5CC5)no4)c(=O)c32)c(C)c1. The molecule has 1 fully saturated rings. The number of rotatable bonds is 6. The summed E-state index contributed by atoms with van der Waals surface area (Å²) in [7, 11) is 0. The van der Waals surface area contributed by atoms with E-state index >= 15 is 0 Å². The maximum atomic E-state index is 13.6. The first-order valence-electron chi connectivity index (χ1n) is 11.6. The van der Waals surface area contributed by atoms with Crippen molar-refractivity contribution in [2.45, 2.75) is 45.7 Å². The number of aryl methyl sites for hydroxylation is 2. The van der Waals surface area contributed by atoms with Crippen molar-refractivity contribution < 1.29 is 9.32 Å². The second kappa shape index (κ2) is 8.19. The molecule has 1 N–H and O–H groups in total. The van der Waals surface area contributed by atoms with Crippen molar-refractivity contribution in [1.82, 2.24) is 24.3 Å². The molecule has 6 rings (SSSR count). The molecule has 1 amide bonds. The van der Waals surface area contributed by atoms with Crippen molar-refractivity contribution in [3.8, 4) is 0 Å². The quantitative estimate of drug-likeness (QED) is 0.405. The number of carbonyl (C=O) groups excluding carboxylic acids is 1. The molecular weight excluding hydrogens is 444 g/mol. The Labute approximate surface area is 200 Å². The van der Waals surface area contributed by atoms with Crippen molar-refractivity contribution in [2.75, 3.05) is 5.32 Å². The fraction of sp³-hybridized carbons (Fsp3) is 0.269. The van der Waals surface area contributed by atoms with Gasteiger partial charge in [0.05, 0.1) is 11.8 Å². The van der Waals surface area contributed by atoms with E-state index in [1.807, 2.05) is 56.3 Å². The third-order valence-corrected chi connectivity index (χ3v) is 6.42. The van der Waals surface area contributed by atoms with Crippen LogP contribution in [0.4, 0.5) is 5.69 Å². The number of para-hydroxylation sites is 1. The van der Waals surface area contributed by atoms with Crippen LogP contribution in [0.5, 0.6) is 0 Å². The largest absolute Gasteiger partial charge is 0.337 e. The third-order valence-electron chi connectivity index (χ3n) is 6.42. The minimum atomic E-state index is -0.267. The molecular formula is C26H24N6O3. The van der Waals surface area contributed by atoms with Crippen LogP contribution < -0.4 is 10.9 Å². The van der Waals surface area contributed by atoms with Crippen LogP contribution in [0.15, 0.2) is 58.1 Å². The molecule has 9 heteroatoms. The van der Waals surface area contributed by atoms with Crippen LogP contribution in [0.2, 0.25) is 0 Å². The number of benzene rings is 2. The number of aromatic nitrogens is 5. The molecule has 0 saturated heterocycles. The Bertz CT molecular complexity index is 1660. The van der Waals surface area contributed by atoms with E-state index in [9.17, 15) is 9.59 Å². The maximum Gasteiger partial charge on any atom is 0.278 e. The van der Waals surface area contributed by atoms with Crippen LogP contribution in [-0.2, 0) is 17.9 Å². The molecule has 0 unspecified atom stereocenters. The molecule has 9 nitrogen and oxygen atoms in total. The molecule has 35 heavy (non-hydrogen) atoms. The number of carbonyl (C=O) groups is 1. The van der Waals surface area contributed by atoms with E-state index < -0.39 is 0 Å². The van der Waals surface area contributed by atoms with Crippen LogP contribution in [0.1, 0.15) is 41.6 Å². The van der Waals surface area contributed by atoms with Gasteiger partial charge < -0.3 is 14.4 Å². The minimum Gasteiger partial charge on any atom is -0.337 e. The first-order chi connectivity index (χ1) is 17.0. The Morgan fingerprint density at radius 2 is 2.00 bits per heavy atom. The lowest BCUT2D eigenvalue weighted by molar-refractivity contribution is -0.116. The number of nitrogens with one attached hydrogen (secondary N) is 1. The van der Waals surface area contributed by atoms with E-state index in [0.717, 1.165) is 40.6 Å². The molecule has 0 atom stereocenters. The van der Waals surface area contributed by atoms with Gasteiger partial charge in [0.1, 0.15) is 24.1 Å². The zero-order valence-corrected chi connectivity index (χ0v) is 19.5. The van der Waals surface area contributed by atoms with Crippen LogP contribution >= 0.6 is 0 Å². The van der Waals surface area contributed by atoms with Crippen molar-refractivity contribution in [2.24, 2.45) is 0 Å². The second-order valence-corrected chi connectivity index (χ2v) is 9.17. The van der Waals surface area contributed by atoms with Gasteiger partial charge in [-0.25, -0.2) is 4.98 Å². The second-order valence-electron chi connectivity index (χ2n) is 9.17. The van der Waals surface area contributed by atoms with E-state index in [4.69, 9.17) is 4.52 Å². The van der Waals surface area contributed by atoms with Gasteiger partial charge in [0, 0.05) is 17.0 Å². The highest BCUT2D eigenvalue weighted by atomic mass is 16.5. The number of hydrogen-bond acceptors (Lipinski definition) is 6. The van der Waals surface area contributed by atoms with Gasteiger partial charge in [-0.1, -0.05) is 41.1 Å². The van der Waals surface area contributed by atoms with Crippen molar-refractivity contribution in [1.29, 1.82) is 0 Å². The highest BCUT2D eigenvalue weighted by Crippen LogP contribution is 2.38. The summed E-state index contributed by atoms with van der Waals surface area (Å²) in [4.78, 5) is 35.7. The molecule has 3 aromatic heterocycles. The zero-order chi connectivity index (χ0) is 24.1. The first-order valence-corrected chi connectivity index (χ1v) is 11.6. The fourth-order valence-electron chi connectivity index (χ4n) is 4.50. The topological polar surface area (TPSA) is 108 Å². The Kier molecular flexibility index (Phi) is 4.98. The molecule has 1 aliphatic carbocycles. The van der Waals surface area contributed by atoms with Gasteiger partial charge in [0.15, 0.2) is 5.82 Å². The minimum absolute atomic E-state index is 0.0232. The van der Waals surface area contributed by atoms with E-state index in [2.05, 4.69) is 20.4 Å². The molecule has 3 heterocycles. The van der Waals surface area contributed by atoms with E-state index in [1.54, 1.807) is 4.57 Å². The average Bonchev–Trinajstić information content (AvgIpc) is 3.51. The van der Waals surface area contributed by atoms with E-state index in [-0.39, 0.29) is 24.6 Å². The summed E-state index contributed by atoms with van der Waals surface area (Å²) >= 11 is 0. The lowest BCUT2D eigenvalue weighted by Crippen LogP contribution is -2.25. The molecule has 2 aromatic carbocycles. The number of anilines is 1. The summed E-state index contributed by atoms with van der Waals surface area (Å²) in [6, 6.07) is 13.5. The lowest BCUT2D eigenvalue weighted by atomic mass is 10.1. The molecule has 0 radical (unpaired) electrons. The van der Waals surface area contributed by atoms with Gasteiger partial charge in [-0.15, -0.1) is 0 Å². The summed E-state index contributed by atoms with van der Waals surface area (Å²) in [5.41, 5.74) is 4.29. The normalized spacial score (nSPS) is 13.5. The lowest BCUT2D eigenvalue weighted by Gasteiger charge is -2.11. The van der Waals surface area contributed by atoms with E-state index in [0.29, 0.717) is 28.7 Å². The van der Waals surface area contributed by atoms with Crippen molar-refractivity contribution in [3.63, 3.8) is 0 Å². The number of nitrogens with zero attached hydrogens (tertiary/aromatic N) is 5. The Morgan fingerprint density at radius 3 is 2.80 bits per heavy atom. The van der Waals surface area contributed by atoms with Gasteiger partial charge in [0.2, 0.25) is 11.8 Å². The van der Waals surface area contributed by atoms with Gasteiger partial charge in [0.25, 0.3) is 5.56 Å². The Morgan fingerprint density at radius 1 is 1.17 bits per heavy atom. The van der Waals surface area contributed by atoms with Crippen LogP contribution in [0.3, 0.4) is 0 Å². The first kappa shape index (κ1) is 21.3. The average molecular weight is 469 g/mol. The molecule has 0 aliphatic heterocycles. The maximum absolute atomic E-state index is 13.6. The van der Waals surface area contributed by atoms with Crippen LogP contribution in [-0.4, -0.2) is 30.2 Å². The fourth-order valence-corrected chi connectivity index (χ4v) is 4.50. The van der Waals surface area contributed by atoms with Gasteiger partial charge in [-0.05, 0) is 44.4 Å². The third kappa shape index (κ3) is 3.88. The molecule has 1 aliphatic rings. The van der Waals surface area contributed by atoms with Crippen molar-refractivity contribution >= 4 is 33.5 Å². The summed E-state index contributed by atoms with van der Waals surface area (Å²) in [6.07, 6.45) is 3.63. The van der Waals surface area contributed by atoms with Crippen LogP contribution in [0, 0.1) is 13.8 Å². The molecule has 0 spiro atoms. The van der Waals surface area contributed by atoms with Gasteiger partial charge >= 0.3 is 0 Å². The highest BCUT2D eigenvalue weighted by molar-refractivity contribution is 6.06. The summed E-state index contributed by atoms with van der Waals surface area (Å²) in [5, 5.41) is 7.83. The predicted molar refractivity (Wildman–Crippen MR) is 131 cm³/mol. The van der Waals surface area contributed by atoms with Gasteiger partial charge in [-0.2, -0.15) is 4.98 Å². The standard InChI is InChI=1S/C26H24N6O3/c1-15-7-10-19(16(2)11-15)28-21(33)12-32-20-6-4-3-5-18(20)23-24(32)26(34)31(14-27-23)13-22-29-25(30-35-22)17-8-9-17/h3-7,10-11,14,17H,8-9,12-13H2,1-2H3,(H,28,33). The summed E-state index contributed by atoms with van der Waals surface area (Å²) in [6.45, 7) is 4.07. The summed E-state index contributed by atoms with van der Waals surface area (Å²) < 4.78 is 8.54. The van der Waals surface area contributed by atoms with Crippen molar-refractivity contribution in [3.05, 3.63) is 82.0 Å². The molecule has 0 bridgehead atoms. The number of hydrogen-bond donors (Lipinski definition) is 1. The highest BCUT2D eigenvalue weighted by Gasteiger charge is 2.29. The smallest absolute Gasteiger partial charge is 0.278 e. The molecule has 176 valence electrons. The monoisotopic (exact) mass is 468 g/mol. The molecule has 1 saturated carbocycles.